The first-order valence-corrected chi connectivity index (χ1v) is 10.0. The minimum Gasteiger partial charge on any atom is -0.390 e. The number of hydrogen-bond donors (Lipinski definition) is 0. The molecule has 0 aromatic heterocycles. The van der Waals surface area contributed by atoms with E-state index in [2.05, 4.69) is 5.16 Å². The zero-order chi connectivity index (χ0) is 19.3. The molecule has 0 spiro atoms. The predicted molar refractivity (Wildman–Crippen MR) is 106 cm³/mol. The Hall–Kier alpha value is -2.69. The van der Waals surface area contributed by atoms with Gasteiger partial charge in [0, 0.05) is 18.9 Å². The maximum Gasteiger partial charge on any atom is 0.226 e. The highest BCUT2D eigenvalue weighted by Gasteiger charge is 2.31. The summed E-state index contributed by atoms with van der Waals surface area (Å²) in [7, 11) is 0. The molecule has 1 heterocycles. The monoisotopic (exact) mass is 380 g/mol. The van der Waals surface area contributed by atoms with Crippen LogP contribution in [0.4, 0.5) is 4.39 Å². The van der Waals surface area contributed by atoms with E-state index in [0.29, 0.717) is 19.5 Å². The van der Waals surface area contributed by atoms with Gasteiger partial charge in [-0.25, -0.2) is 4.39 Å². The molecule has 1 amide bonds. The van der Waals surface area contributed by atoms with E-state index in [4.69, 9.17) is 4.84 Å². The molecular formula is C23H25FN2O2. The minimum atomic E-state index is -0.280. The topological polar surface area (TPSA) is 41.9 Å². The minimum absolute atomic E-state index is 0.0736. The summed E-state index contributed by atoms with van der Waals surface area (Å²) < 4.78 is 13.6. The Labute approximate surface area is 165 Å². The second kappa shape index (κ2) is 8.55. The Morgan fingerprint density at radius 1 is 1.11 bits per heavy atom. The van der Waals surface area contributed by atoms with Gasteiger partial charge in [-0.05, 0) is 36.1 Å². The molecule has 0 unspecified atom stereocenters. The van der Waals surface area contributed by atoms with E-state index < -0.39 is 0 Å². The standard InChI is InChI=1S/C23H25FN2O2/c24-20-12-6-7-17(13-20)15-26(23(27)19-10-4-5-11-19)16-21-14-22(25-28-21)18-8-2-1-3-9-18/h1-3,6-9,12-13,19,21H,4-5,10-11,14-16H2/t21-/m0/s1. The lowest BCUT2D eigenvalue weighted by molar-refractivity contribution is -0.137. The van der Waals surface area contributed by atoms with Crippen LogP contribution in [-0.4, -0.2) is 29.2 Å². The molecule has 0 radical (unpaired) electrons. The van der Waals surface area contributed by atoms with Crippen molar-refractivity contribution in [1.82, 2.24) is 4.90 Å². The number of carbonyl (C=O) groups excluding carboxylic acids is 1. The third-order valence-electron chi connectivity index (χ3n) is 5.54. The van der Waals surface area contributed by atoms with E-state index in [-0.39, 0.29) is 23.7 Å². The summed E-state index contributed by atoms with van der Waals surface area (Å²) in [6.07, 6.45) is 4.58. The number of nitrogens with zero attached hydrogens (tertiary/aromatic N) is 2. The van der Waals surface area contributed by atoms with Gasteiger partial charge in [0.2, 0.25) is 5.91 Å². The van der Waals surface area contributed by atoms with Crippen LogP contribution in [0.3, 0.4) is 0 Å². The van der Waals surface area contributed by atoms with Crippen LogP contribution in [0.1, 0.15) is 43.2 Å². The number of benzene rings is 2. The Bertz CT molecular complexity index is 847. The molecule has 5 heteroatoms. The van der Waals surface area contributed by atoms with Crippen molar-refractivity contribution in [3.63, 3.8) is 0 Å². The van der Waals surface area contributed by atoms with Gasteiger partial charge in [0.15, 0.2) is 6.10 Å². The summed E-state index contributed by atoms with van der Waals surface area (Å²) in [6, 6.07) is 16.4. The Balaban J connectivity index is 1.45. The summed E-state index contributed by atoms with van der Waals surface area (Å²) in [6.45, 7) is 0.860. The summed E-state index contributed by atoms with van der Waals surface area (Å²) in [4.78, 5) is 20.6. The van der Waals surface area contributed by atoms with Gasteiger partial charge in [-0.15, -0.1) is 0 Å². The third-order valence-corrected chi connectivity index (χ3v) is 5.54. The van der Waals surface area contributed by atoms with Gasteiger partial charge in [0.1, 0.15) is 5.82 Å². The van der Waals surface area contributed by atoms with E-state index in [1.54, 1.807) is 6.07 Å². The van der Waals surface area contributed by atoms with Gasteiger partial charge in [0.25, 0.3) is 0 Å². The fourth-order valence-electron chi connectivity index (χ4n) is 4.09. The quantitative estimate of drug-likeness (QED) is 0.738. The first-order valence-electron chi connectivity index (χ1n) is 10.0. The van der Waals surface area contributed by atoms with Gasteiger partial charge >= 0.3 is 0 Å². The molecule has 4 rings (SSSR count). The van der Waals surface area contributed by atoms with E-state index in [1.165, 1.54) is 12.1 Å². The highest BCUT2D eigenvalue weighted by Crippen LogP contribution is 2.28. The summed E-state index contributed by atoms with van der Waals surface area (Å²) in [5.74, 6) is -0.0550. The van der Waals surface area contributed by atoms with E-state index in [0.717, 1.165) is 42.5 Å². The molecule has 28 heavy (non-hydrogen) atoms. The number of amides is 1. The largest absolute Gasteiger partial charge is 0.390 e. The Kier molecular flexibility index (Phi) is 5.70. The van der Waals surface area contributed by atoms with Crippen molar-refractivity contribution in [2.24, 2.45) is 11.1 Å². The van der Waals surface area contributed by atoms with Crippen LogP contribution in [0, 0.1) is 11.7 Å². The number of hydrogen-bond acceptors (Lipinski definition) is 3. The summed E-state index contributed by atoms with van der Waals surface area (Å²) in [5.41, 5.74) is 2.75. The van der Waals surface area contributed by atoms with Crippen molar-refractivity contribution in [1.29, 1.82) is 0 Å². The average molecular weight is 380 g/mol. The zero-order valence-electron chi connectivity index (χ0n) is 15.9. The molecule has 1 fully saturated rings. The van der Waals surface area contributed by atoms with Gasteiger partial charge < -0.3 is 9.74 Å². The fraction of sp³-hybridized carbons (Fsp3) is 0.391. The van der Waals surface area contributed by atoms with E-state index >= 15 is 0 Å². The first-order chi connectivity index (χ1) is 13.7. The predicted octanol–water partition coefficient (Wildman–Crippen LogP) is 4.54. The second-order valence-electron chi connectivity index (χ2n) is 7.67. The molecule has 1 atom stereocenters. The molecule has 2 aromatic carbocycles. The molecule has 146 valence electrons. The zero-order valence-corrected chi connectivity index (χ0v) is 15.9. The van der Waals surface area contributed by atoms with Crippen molar-refractivity contribution in [2.45, 2.75) is 44.8 Å². The van der Waals surface area contributed by atoms with E-state index in [9.17, 15) is 9.18 Å². The smallest absolute Gasteiger partial charge is 0.226 e. The van der Waals surface area contributed by atoms with Crippen LogP contribution in [0.2, 0.25) is 0 Å². The second-order valence-corrected chi connectivity index (χ2v) is 7.67. The molecule has 0 saturated heterocycles. The molecule has 2 aliphatic rings. The summed E-state index contributed by atoms with van der Waals surface area (Å²) >= 11 is 0. The van der Waals surface area contributed by atoms with Crippen molar-refractivity contribution >= 4 is 11.6 Å². The maximum atomic E-state index is 13.6. The average Bonchev–Trinajstić information content (AvgIpc) is 3.40. The summed E-state index contributed by atoms with van der Waals surface area (Å²) in [5, 5.41) is 4.24. The lowest BCUT2D eigenvalue weighted by Crippen LogP contribution is -2.40. The SMILES string of the molecule is O=C(C1CCCC1)N(Cc1cccc(F)c1)C[C@@H]1CC(c2ccccc2)=NO1. The number of rotatable bonds is 6. The Morgan fingerprint density at radius 3 is 2.64 bits per heavy atom. The van der Waals surface area contributed by atoms with Crippen LogP contribution in [0.15, 0.2) is 59.8 Å². The maximum absolute atomic E-state index is 13.6. The lowest BCUT2D eigenvalue weighted by Gasteiger charge is -2.27. The first kappa shape index (κ1) is 18.7. The number of halogens is 1. The Morgan fingerprint density at radius 2 is 1.89 bits per heavy atom. The van der Waals surface area contributed by atoms with Crippen LogP contribution in [-0.2, 0) is 16.2 Å². The van der Waals surface area contributed by atoms with Gasteiger partial charge in [-0.3, -0.25) is 4.79 Å². The van der Waals surface area contributed by atoms with Crippen molar-refractivity contribution in [2.75, 3.05) is 6.54 Å². The van der Waals surface area contributed by atoms with Gasteiger partial charge in [-0.1, -0.05) is 60.5 Å². The molecule has 0 N–H and O–H groups in total. The molecule has 1 aliphatic heterocycles. The van der Waals surface area contributed by atoms with Crippen molar-refractivity contribution in [3.05, 3.63) is 71.5 Å². The highest BCUT2D eigenvalue weighted by molar-refractivity contribution is 6.01. The number of oxime groups is 1. The third kappa shape index (κ3) is 4.41. The highest BCUT2D eigenvalue weighted by atomic mass is 19.1. The normalized spacial score (nSPS) is 19.3. The van der Waals surface area contributed by atoms with Crippen LogP contribution in [0.5, 0.6) is 0 Å². The fourth-order valence-corrected chi connectivity index (χ4v) is 4.09. The molecule has 2 aromatic rings. The lowest BCUT2D eigenvalue weighted by atomic mass is 10.0. The van der Waals surface area contributed by atoms with Crippen LogP contribution >= 0.6 is 0 Å². The molecule has 4 nitrogen and oxygen atoms in total. The van der Waals surface area contributed by atoms with Crippen molar-refractivity contribution in [3.8, 4) is 0 Å². The molecule has 0 bridgehead atoms. The van der Waals surface area contributed by atoms with Crippen LogP contribution in [0.25, 0.3) is 0 Å². The number of carbonyl (C=O) groups is 1. The molecular weight excluding hydrogens is 355 g/mol. The molecule has 1 aliphatic carbocycles. The van der Waals surface area contributed by atoms with Gasteiger partial charge in [0.05, 0.1) is 12.3 Å². The van der Waals surface area contributed by atoms with Gasteiger partial charge in [-0.2, -0.15) is 0 Å². The van der Waals surface area contributed by atoms with Crippen molar-refractivity contribution < 1.29 is 14.0 Å². The molecule has 1 saturated carbocycles. The van der Waals surface area contributed by atoms with E-state index in [1.807, 2.05) is 41.3 Å². The van der Waals surface area contributed by atoms with Crippen LogP contribution < -0.4 is 0 Å².